The molecule has 2 atom stereocenters. The van der Waals surface area contributed by atoms with Crippen LogP contribution >= 0.6 is 11.8 Å². The van der Waals surface area contributed by atoms with Gasteiger partial charge in [-0.2, -0.15) is 0 Å². The molecule has 4 aliphatic heterocycles. The van der Waals surface area contributed by atoms with Crippen molar-refractivity contribution < 1.29 is 38.1 Å². The third-order valence-electron chi connectivity index (χ3n) is 10.8. The van der Waals surface area contributed by atoms with E-state index in [4.69, 9.17) is 28.7 Å². The molecule has 1 N–H and O–H groups in total. The molecule has 4 heterocycles. The highest BCUT2D eigenvalue weighted by Crippen LogP contribution is 2.43. The van der Waals surface area contributed by atoms with Gasteiger partial charge in [-0.15, -0.1) is 0 Å². The van der Waals surface area contributed by atoms with Crippen LogP contribution in [0.5, 0.6) is 23.0 Å². The normalized spacial score (nSPS) is 17.4. The third kappa shape index (κ3) is 7.58. The molecular formula is C43H45N5O8S. The van der Waals surface area contributed by atoms with Gasteiger partial charge in [-0.1, -0.05) is 42.1 Å². The number of anilines is 3. The number of fused-ring (bicyclic) bond motifs is 8. The van der Waals surface area contributed by atoms with Gasteiger partial charge in [-0.05, 0) is 67.4 Å². The van der Waals surface area contributed by atoms with Crippen molar-refractivity contribution in [2.24, 2.45) is 4.99 Å². The molecule has 0 radical (unpaired) electrons. The van der Waals surface area contributed by atoms with Crippen molar-refractivity contribution in [1.29, 1.82) is 0 Å². The number of esters is 1. The number of carbonyl (C=O) groups is 3. The second kappa shape index (κ2) is 16.4. The van der Waals surface area contributed by atoms with Gasteiger partial charge >= 0.3 is 5.97 Å². The molecule has 0 saturated carbocycles. The molecule has 4 aromatic rings. The lowest BCUT2D eigenvalue weighted by atomic mass is 10.1. The minimum Gasteiger partial charge on any atom is -0.493 e. The highest BCUT2D eigenvalue weighted by molar-refractivity contribution is 7.99. The molecule has 14 heteroatoms. The van der Waals surface area contributed by atoms with E-state index < -0.39 is 0 Å². The third-order valence-corrected chi connectivity index (χ3v) is 11.4. The number of amides is 2. The lowest BCUT2D eigenvalue weighted by molar-refractivity contribution is -0.140. The number of rotatable bonds is 14. The summed E-state index contributed by atoms with van der Waals surface area (Å²) in [6.07, 6.45) is 4.41. The molecule has 0 fully saturated rings. The smallest absolute Gasteiger partial charge is 0.305 e. The number of hydrogen-bond acceptors (Lipinski definition) is 12. The summed E-state index contributed by atoms with van der Waals surface area (Å²) < 4.78 is 28.4. The average molecular weight is 792 g/mol. The zero-order chi connectivity index (χ0) is 39.6. The Balaban J connectivity index is 0.891. The van der Waals surface area contributed by atoms with Crippen molar-refractivity contribution in [2.45, 2.75) is 44.3 Å². The first kappa shape index (κ1) is 38.2. The van der Waals surface area contributed by atoms with Crippen LogP contribution in [0.3, 0.4) is 0 Å². The Labute approximate surface area is 335 Å². The molecule has 0 bridgehead atoms. The van der Waals surface area contributed by atoms with E-state index in [0.29, 0.717) is 64.9 Å². The van der Waals surface area contributed by atoms with Crippen LogP contribution in [0, 0.1) is 0 Å². The van der Waals surface area contributed by atoms with Gasteiger partial charge in [0.25, 0.3) is 11.8 Å². The van der Waals surface area contributed by atoms with Crippen molar-refractivity contribution in [3.63, 3.8) is 0 Å². The van der Waals surface area contributed by atoms with Gasteiger partial charge in [-0.25, -0.2) is 0 Å². The standard InChI is InChI=1S/C43H45N5O8S/c1-46(13-7-10-41(49)54-4)23-26-11-12-36-28(14-26)16-30-22-45-34-20-40(38(53-3)18-32(34)43(51)48(30)36)56-25-57-24-55-39-19-33-31(17-37(39)52-2)42(50)47-29(21-44-33)15-27-8-5-6-9-35(27)47/h5-6,8-9,11-12,14,17-20,22,29-30,44H,7,10,13,15-16,21,23-25H2,1-4H3/t29-,30-/m0/s1. The molecule has 0 spiro atoms. The maximum absolute atomic E-state index is 14.1. The highest BCUT2D eigenvalue weighted by Gasteiger charge is 2.39. The molecule has 8 rings (SSSR count). The number of benzene rings is 4. The zero-order valence-corrected chi connectivity index (χ0v) is 33.2. The summed E-state index contributed by atoms with van der Waals surface area (Å²) in [5.41, 5.74) is 7.42. The first-order valence-corrected chi connectivity index (χ1v) is 20.1. The minimum atomic E-state index is -0.219. The molecule has 2 amide bonds. The van der Waals surface area contributed by atoms with E-state index in [-0.39, 0.29) is 41.7 Å². The zero-order valence-electron chi connectivity index (χ0n) is 32.4. The number of methoxy groups -OCH3 is 3. The average Bonchev–Trinajstić information content (AvgIpc) is 3.70. The molecule has 0 aliphatic carbocycles. The largest absolute Gasteiger partial charge is 0.493 e. The highest BCUT2D eigenvalue weighted by atomic mass is 32.2. The maximum atomic E-state index is 14.1. The molecule has 4 aliphatic rings. The van der Waals surface area contributed by atoms with Crippen LogP contribution in [0.25, 0.3) is 0 Å². The Morgan fingerprint density at radius 2 is 1.56 bits per heavy atom. The lowest BCUT2D eigenvalue weighted by Crippen LogP contribution is -2.39. The van der Waals surface area contributed by atoms with Crippen molar-refractivity contribution in [3.8, 4) is 23.0 Å². The van der Waals surface area contributed by atoms with Crippen molar-refractivity contribution in [1.82, 2.24) is 4.90 Å². The van der Waals surface area contributed by atoms with E-state index in [1.165, 1.54) is 24.4 Å². The van der Waals surface area contributed by atoms with Crippen LogP contribution in [0.4, 0.5) is 22.7 Å². The van der Waals surface area contributed by atoms with Gasteiger partial charge in [0.2, 0.25) is 0 Å². The molecule has 13 nitrogen and oxygen atoms in total. The summed E-state index contributed by atoms with van der Waals surface area (Å²) in [5.74, 6) is 1.93. The van der Waals surface area contributed by atoms with Crippen LogP contribution in [-0.2, 0) is 28.9 Å². The topological polar surface area (TPSA) is 131 Å². The maximum Gasteiger partial charge on any atom is 0.305 e. The molecule has 57 heavy (non-hydrogen) atoms. The number of carbonyl (C=O) groups excluding carboxylic acids is 3. The van der Waals surface area contributed by atoms with Crippen LogP contribution in [-0.4, -0.2) is 94.3 Å². The molecule has 0 aromatic heterocycles. The summed E-state index contributed by atoms with van der Waals surface area (Å²) in [4.78, 5) is 50.0. The quantitative estimate of drug-likeness (QED) is 0.0856. The van der Waals surface area contributed by atoms with Gasteiger partial charge < -0.3 is 38.8 Å². The van der Waals surface area contributed by atoms with Crippen LogP contribution < -0.4 is 34.1 Å². The molecule has 4 aromatic carbocycles. The summed E-state index contributed by atoms with van der Waals surface area (Å²) >= 11 is 1.40. The van der Waals surface area contributed by atoms with E-state index in [1.54, 1.807) is 32.4 Å². The van der Waals surface area contributed by atoms with Crippen LogP contribution in [0.15, 0.2) is 71.7 Å². The fourth-order valence-electron chi connectivity index (χ4n) is 8.05. The van der Waals surface area contributed by atoms with Crippen molar-refractivity contribution in [2.75, 3.05) is 68.5 Å². The number of thioether (sulfide) groups is 1. The van der Waals surface area contributed by atoms with Gasteiger partial charge in [0.05, 0.1) is 55.9 Å². The van der Waals surface area contributed by atoms with E-state index in [9.17, 15) is 14.4 Å². The number of para-hydroxylation sites is 1. The summed E-state index contributed by atoms with van der Waals surface area (Å²) in [7, 11) is 6.54. The summed E-state index contributed by atoms with van der Waals surface area (Å²) in [6, 6.07) is 21.1. The minimum absolute atomic E-state index is 0.0258. The number of aliphatic imine (C=N–C) groups is 1. The van der Waals surface area contributed by atoms with E-state index in [1.807, 2.05) is 53.4 Å². The first-order chi connectivity index (χ1) is 27.8. The van der Waals surface area contributed by atoms with Crippen LogP contribution in [0.1, 0.15) is 50.2 Å². The number of nitrogens with one attached hydrogen (secondary N) is 1. The number of hydrogen-bond donors (Lipinski definition) is 1. The Morgan fingerprint density at radius 1 is 0.842 bits per heavy atom. The van der Waals surface area contributed by atoms with E-state index >= 15 is 0 Å². The summed E-state index contributed by atoms with van der Waals surface area (Å²) in [5, 5.41) is 3.46. The molecule has 0 unspecified atom stereocenters. The van der Waals surface area contributed by atoms with Gasteiger partial charge in [0.1, 0.15) is 11.9 Å². The van der Waals surface area contributed by atoms with Crippen molar-refractivity contribution >= 4 is 58.5 Å². The lowest BCUT2D eigenvalue weighted by Gasteiger charge is -2.22. The number of nitrogens with zero attached hydrogens (tertiary/aromatic N) is 4. The molecule has 296 valence electrons. The Hall–Kier alpha value is -5.73. The predicted octanol–water partition coefficient (Wildman–Crippen LogP) is 6.48. The second-order valence-electron chi connectivity index (χ2n) is 14.4. The Morgan fingerprint density at radius 3 is 2.33 bits per heavy atom. The van der Waals surface area contributed by atoms with E-state index in [0.717, 1.165) is 48.4 Å². The Bertz CT molecular complexity index is 2250. The van der Waals surface area contributed by atoms with Crippen LogP contribution in [0.2, 0.25) is 0 Å². The predicted molar refractivity (Wildman–Crippen MR) is 220 cm³/mol. The molecular weight excluding hydrogens is 747 g/mol. The first-order valence-electron chi connectivity index (χ1n) is 18.9. The monoisotopic (exact) mass is 791 g/mol. The van der Waals surface area contributed by atoms with Gasteiger partial charge in [0.15, 0.2) is 23.0 Å². The second-order valence-corrected chi connectivity index (χ2v) is 15.3. The van der Waals surface area contributed by atoms with Gasteiger partial charge in [-0.3, -0.25) is 24.3 Å². The van der Waals surface area contributed by atoms with E-state index in [2.05, 4.69) is 28.4 Å². The van der Waals surface area contributed by atoms with Crippen molar-refractivity contribution in [3.05, 3.63) is 94.5 Å². The SMILES string of the molecule is COC(=O)CCCN(C)Cc1ccc2c(c1)C[C@H]1C=Nc3cc(OCSCOc4cc5c(cc4OC)C(=O)N4c6ccccc6C[C@H]4CN5)c(OC)cc3C(=O)N21. The Kier molecular flexibility index (Phi) is 11.0. The fourth-order valence-corrected chi connectivity index (χ4v) is 8.54. The van der Waals surface area contributed by atoms with Gasteiger partial charge in [0, 0.05) is 55.7 Å². The molecule has 0 saturated heterocycles. The number of ether oxygens (including phenoxy) is 5. The fraction of sp³-hybridized carbons (Fsp3) is 0.349. The summed E-state index contributed by atoms with van der Waals surface area (Å²) in [6.45, 7) is 2.12.